The summed E-state index contributed by atoms with van der Waals surface area (Å²) in [6.07, 6.45) is 1.99. The third-order valence-corrected chi connectivity index (χ3v) is 14.3. The second-order valence-corrected chi connectivity index (χ2v) is 16.7. The molecule has 1 saturated carbocycles. The topological polar surface area (TPSA) is 163 Å². The minimum absolute atomic E-state index is 0.0112. The summed E-state index contributed by atoms with van der Waals surface area (Å²) in [6.45, 7) is 0. The molecule has 4 aromatic carbocycles. The number of amides is 4. The quantitative estimate of drug-likeness (QED) is 0.116. The number of aromatic hydroxyl groups is 1. The van der Waals surface area contributed by atoms with Crippen LogP contribution in [0.1, 0.15) is 40.2 Å². The van der Waals surface area contributed by atoms with Crippen LogP contribution in [0.3, 0.4) is 0 Å². The van der Waals surface area contributed by atoms with Crippen LogP contribution < -0.4 is 19.8 Å². The minimum atomic E-state index is -1.68. The van der Waals surface area contributed by atoms with Crippen LogP contribution in [-0.4, -0.2) is 59.0 Å². The van der Waals surface area contributed by atoms with E-state index < -0.39 is 64.6 Å². The molecule has 0 aromatic heterocycles. The maximum atomic E-state index is 15.6. The van der Waals surface area contributed by atoms with Crippen LogP contribution in [0.2, 0.25) is 10.0 Å². The molecule has 292 valence electrons. The molecule has 0 bridgehead atoms. The highest BCUT2D eigenvalue weighted by Crippen LogP contribution is 2.66. The summed E-state index contributed by atoms with van der Waals surface area (Å²) in [5.41, 5.74) is 3.12. The number of hydrazine groups is 1. The van der Waals surface area contributed by atoms with Crippen LogP contribution in [0.25, 0.3) is 0 Å². The Bertz CT molecular complexity index is 2460. The van der Waals surface area contributed by atoms with Crippen molar-refractivity contribution in [3.63, 3.8) is 0 Å². The Balaban J connectivity index is 1.36. The minimum Gasteiger partial charge on any atom is -0.503 e. The molecule has 57 heavy (non-hydrogen) atoms. The molecular weight excluding hydrogens is 909 g/mol. The first kappa shape index (κ1) is 39.0. The number of benzene rings is 4. The van der Waals surface area contributed by atoms with Crippen molar-refractivity contribution in [2.75, 3.05) is 24.5 Å². The van der Waals surface area contributed by atoms with Crippen LogP contribution in [-0.2, 0) is 24.6 Å². The lowest BCUT2D eigenvalue weighted by Crippen LogP contribution is -2.53. The Morgan fingerprint density at radius 3 is 2.30 bits per heavy atom. The fourth-order valence-corrected chi connectivity index (χ4v) is 10.6. The van der Waals surface area contributed by atoms with E-state index in [1.807, 2.05) is 6.08 Å². The molecule has 0 unspecified atom stereocenters. The Labute approximate surface area is 352 Å². The van der Waals surface area contributed by atoms with Gasteiger partial charge in [0.15, 0.2) is 11.5 Å². The highest BCUT2D eigenvalue weighted by atomic mass is 79.9. The first-order valence-electron chi connectivity index (χ1n) is 17.6. The molecule has 8 rings (SSSR count). The smallest absolute Gasteiger partial charge is 0.335 e. The lowest BCUT2D eigenvalue weighted by Gasteiger charge is -2.51. The number of phenols is 1. The largest absolute Gasteiger partial charge is 0.503 e. The zero-order valence-corrected chi connectivity index (χ0v) is 34.6. The van der Waals surface area contributed by atoms with Gasteiger partial charge in [-0.2, -0.15) is 5.01 Å². The summed E-state index contributed by atoms with van der Waals surface area (Å²) in [4.78, 5) is 72.4. The molecule has 2 aliphatic carbocycles. The van der Waals surface area contributed by atoms with E-state index in [1.165, 1.54) is 44.6 Å². The number of carboxylic acids is 1. The molecule has 2 heterocycles. The van der Waals surface area contributed by atoms with E-state index >= 15 is 9.59 Å². The van der Waals surface area contributed by atoms with Crippen molar-refractivity contribution < 1.29 is 43.7 Å². The first-order valence-corrected chi connectivity index (χ1v) is 20.0. The molecule has 2 saturated heterocycles. The molecule has 0 spiro atoms. The van der Waals surface area contributed by atoms with Gasteiger partial charge in [-0.25, -0.2) is 4.79 Å². The summed E-state index contributed by atoms with van der Waals surface area (Å²) in [5, 5.41) is 22.2. The molecule has 12 nitrogen and oxygen atoms in total. The normalized spacial score (nSPS) is 25.2. The van der Waals surface area contributed by atoms with Crippen LogP contribution in [0.5, 0.6) is 17.2 Å². The van der Waals surface area contributed by atoms with Crippen LogP contribution in [0.4, 0.5) is 11.4 Å². The fraction of sp³-hybridized carbons (Fsp3) is 0.244. The predicted octanol–water partition coefficient (Wildman–Crippen LogP) is 8.13. The number of ether oxygens (including phenoxy) is 2. The van der Waals surface area contributed by atoms with Crippen molar-refractivity contribution in [2.24, 2.45) is 23.7 Å². The van der Waals surface area contributed by atoms with Gasteiger partial charge < -0.3 is 19.7 Å². The van der Waals surface area contributed by atoms with Crippen molar-refractivity contribution in [1.29, 1.82) is 0 Å². The number of nitrogens with zero attached hydrogens (tertiary/aromatic N) is 2. The number of phenolic OH excluding ortho intramolecular Hbond substituents is 1. The maximum absolute atomic E-state index is 15.6. The number of imide groups is 2. The second-order valence-electron chi connectivity index (χ2n) is 14.2. The molecule has 0 radical (unpaired) electrons. The number of rotatable bonds is 8. The van der Waals surface area contributed by atoms with Gasteiger partial charge in [-0.15, -0.1) is 0 Å². The number of methoxy groups -OCH3 is 2. The van der Waals surface area contributed by atoms with Crippen LogP contribution >= 0.6 is 55.1 Å². The summed E-state index contributed by atoms with van der Waals surface area (Å²) in [6, 6.07) is 18.7. The molecule has 4 aliphatic rings. The standard InChI is InChI=1S/C41H31Br2Cl2N3O9/c1-56-22-9-6-19(7-10-22)41-27(37(51)48(40(41)55)46-29-13-8-20(44)15-28(29)45)16-25-23(32(41)26-17-30(57-2)35(49)34(43)33(26)42)11-12-24-31(25)38(52)47(36(24)50)21-5-3-4-18(14-21)39(53)54/h3-11,13-15,17,24-25,27,31-32,46,49H,12,16H2,1-2H3,(H,53,54)/t24-,25+,27-,31-,32+,41+/m0/s1. The third kappa shape index (κ3) is 5.85. The van der Waals surface area contributed by atoms with Gasteiger partial charge in [0.05, 0.1) is 63.8 Å². The van der Waals surface area contributed by atoms with E-state index in [4.69, 9.17) is 32.7 Å². The number of allylic oxidation sites excluding steroid dienone is 2. The van der Waals surface area contributed by atoms with Crippen molar-refractivity contribution in [3.8, 4) is 17.2 Å². The Morgan fingerprint density at radius 2 is 1.63 bits per heavy atom. The van der Waals surface area contributed by atoms with Crippen LogP contribution in [0, 0.1) is 23.7 Å². The zero-order chi connectivity index (χ0) is 40.7. The number of anilines is 2. The van der Waals surface area contributed by atoms with Crippen molar-refractivity contribution >= 4 is 96.0 Å². The molecule has 3 N–H and O–H groups in total. The van der Waals surface area contributed by atoms with Gasteiger partial charge in [0.25, 0.3) is 11.8 Å². The average Bonchev–Trinajstić information content (AvgIpc) is 3.58. The van der Waals surface area contributed by atoms with Gasteiger partial charge in [-0.05, 0) is 116 Å². The SMILES string of the molecule is COc1ccc([C@@]23C(=O)N(Nc4ccc(Cl)cc4Cl)C(=O)[C@@H]2C[C@@H]2C(=CC[C@@H]4C(=O)N(c5cccc(C(=O)O)c5)C(=O)[C@@H]42)[C@@H]3c2cc(OC)c(O)c(Br)c2Br)cc1. The second kappa shape index (κ2) is 14.5. The zero-order valence-electron chi connectivity index (χ0n) is 30.0. The summed E-state index contributed by atoms with van der Waals surface area (Å²) >= 11 is 19.9. The van der Waals surface area contributed by atoms with Crippen LogP contribution in [0.15, 0.2) is 93.4 Å². The number of nitrogens with one attached hydrogen (secondary N) is 1. The highest BCUT2D eigenvalue weighted by molar-refractivity contribution is 9.13. The number of fused-ring (bicyclic) bond motifs is 4. The van der Waals surface area contributed by atoms with E-state index in [1.54, 1.807) is 42.5 Å². The number of halogens is 4. The maximum Gasteiger partial charge on any atom is 0.335 e. The molecule has 3 fully saturated rings. The van der Waals surface area contributed by atoms with E-state index in [0.717, 1.165) is 9.91 Å². The number of carbonyl (C=O) groups is 5. The van der Waals surface area contributed by atoms with Crippen molar-refractivity contribution in [3.05, 3.63) is 120 Å². The molecule has 4 amide bonds. The first-order chi connectivity index (χ1) is 27.2. The van der Waals surface area contributed by atoms with Crippen molar-refractivity contribution in [1.82, 2.24) is 5.01 Å². The third-order valence-electron chi connectivity index (χ3n) is 11.6. The monoisotopic (exact) mass is 937 g/mol. The number of carbonyl (C=O) groups excluding carboxylic acids is 4. The lowest BCUT2D eigenvalue weighted by atomic mass is 9.49. The molecule has 2 aliphatic heterocycles. The van der Waals surface area contributed by atoms with E-state index in [9.17, 15) is 24.6 Å². The number of hydrogen-bond donors (Lipinski definition) is 3. The Kier molecular flexibility index (Phi) is 9.90. The predicted molar refractivity (Wildman–Crippen MR) is 217 cm³/mol. The van der Waals surface area contributed by atoms with Crippen molar-refractivity contribution in [2.45, 2.75) is 24.2 Å². The highest BCUT2D eigenvalue weighted by Gasteiger charge is 2.70. The van der Waals surface area contributed by atoms with E-state index in [-0.39, 0.29) is 50.8 Å². The summed E-state index contributed by atoms with van der Waals surface area (Å²) in [5.74, 6) is -7.73. The molecule has 4 aromatic rings. The number of aromatic carboxylic acids is 1. The van der Waals surface area contributed by atoms with Gasteiger partial charge in [0.2, 0.25) is 11.8 Å². The lowest BCUT2D eigenvalue weighted by molar-refractivity contribution is -0.138. The van der Waals surface area contributed by atoms with Gasteiger partial charge in [-0.3, -0.25) is 29.5 Å². The van der Waals surface area contributed by atoms with E-state index in [2.05, 4.69) is 37.3 Å². The van der Waals surface area contributed by atoms with Gasteiger partial charge in [0.1, 0.15) is 5.75 Å². The van der Waals surface area contributed by atoms with Gasteiger partial charge >= 0.3 is 5.97 Å². The Morgan fingerprint density at radius 1 is 0.895 bits per heavy atom. The molecule has 16 heteroatoms. The average molecular weight is 940 g/mol. The van der Waals surface area contributed by atoms with Gasteiger partial charge in [0, 0.05) is 15.4 Å². The fourth-order valence-electron chi connectivity index (χ4n) is 9.20. The number of hydrogen-bond acceptors (Lipinski definition) is 9. The van der Waals surface area contributed by atoms with Gasteiger partial charge in [-0.1, -0.05) is 53.1 Å². The summed E-state index contributed by atoms with van der Waals surface area (Å²) < 4.78 is 11.7. The Hall–Kier alpha value is -4.89. The molecule has 6 atom stereocenters. The number of carboxylic acid groups (broad SMARTS) is 1. The summed E-state index contributed by atoms with van der Waals surface area (Å²) in [7, 11) is 2.90. The molecular formula is C41H31Br2Cl2N3O9. The van der Waals surface area contributed by atoms with E-state index in [0.29, 0.717) is 31.9 Å².